The Bertz CT molecular complexity index is 639. The van der Waals surface area contributed by atoms with Crippen molar-refractivity contribution in [3.63, 3.8) is 0 Å². The number of rotatable bonds is 6. The van der Waals surface area contributed by atoms with E-state index in [2.05, 4.69) is 15.9 Å². The van der Waals surface area contributed by atoms with Crippen molar-refractivity contribution in [3.05, 3.63) is 34.3 Å². The van der Waals surface area contributed by atoms with Crippen LogP contribution in [0, 0.1) is 0 Å². The summed E-state index contributed by atoms with van der Waals surface area (Å²) in [6.45, 7) is 3.32. The number of hydrogen-bond acceptors (Lipinski definition) is 6. The molecule has 1 N–H and O–H groups in total. The van der Waals surface area contributed by atoms with Gasteiger partial charge in [-0.25, -0.2) is 0 Å². The van der Waals surface area contributed by atoms with Crippen molar-refractivity contribution in [1.82, 2.24) is 5.06 Å². The van der Waals surface area contributed by atoms with Crippen molar-refractivity contribution in [2.45, 2.75) is 25.4 Å². The molecule has 9 heteroatoms. The molecule has 1 aromatic rings. The van der Waals surface area contributed by atoms with Gasteiger partial charge in [-0.1, -0.05) is 28.1 Å². The molecule has 0 bridgehead atoms. The van der Waals surface area contributed by atoms with E-state index in [1.165, 1.54) is 0 Å². The average Bonchev–Trinajstić information content (AvgIpc) is 2.73. The Kier molecular flexibility index (Phi) is 5.75. The summed E-state index contributed by atoms with van der Waals surface area (Å²) in [6.07, 6.45) is 0. The smallest absolute Gasteiger partial charge is 0.308 e. The highest BCUT2D eigenvalue weighted by Gasteiger charge is 2.58. The fraction of sp³-hybridized carbons (Fsp3) is 0.429. The van der Waals surface area contributed by atoms with Gasteiger partial charge in [-0.3, -0.25) is 19.4 Å². The Balaban J connectivity index is 2.52. The van der Waals surface area contributed by atoms with Gasteiger partial charge in [0.2, 0.25) is 0 Å². The van der Waals surface area contributed by atoms with E-state index < -0.39 is 31.0 Å². The monoisotopic (exact) mass is 405 g/mol. The average molecular weight is 406 g/mol. The number of benzene rings is 1. The van der Waals surface area contributed by atoms with Gasteiger partial charge in [0.25, 0.3) is 11.8 Å². The third-order valence-electron chi connectivity index (χ3n) is 3.44. The molecule has 0 spiro atoms. The molecule has 1 fully saturated rings. The highest BCUT2D eigenvalue weighted by molar-refractivity contribution is 9.10. The zero-order chi connectivity index (χ0) is 17.2. The summed E-state index contributed by atoms with van der Waals surface area (Å²) >= 11 is 3.28. The van der Waals surface area contributed by atoms with E-state index in [9.17, 15) is 19.4 Å². The summed E-state index contributed by atoms with van der Waals surface area (Å²) in [5, 5.41) is 9.72. The highest BCUT2D eigenvalue weighted by atomic mass is 79.9. The molecule has 7 nitrogen and oxygen atoms in total. The molecule has 1 aliphatic heterocycles. The maximum atomic E-state index is 13.0. The van der Waals surface area contributed by atoms with E-state index in [0.29, 0.717) is 5.56 Å². The second-order valence-electron chi connectivity index (χ2n) is 4.84. The van der Waals surface area contributed by atoms with Crippen molar-refractivity contribution in [2.24, 2.45) is 0 Å². The first-order valence-corrected chi connectivity index (χ1v) is 9.47. The van der Waals surface area contributed by atoms with Crippen LogP contribution in [-0.2, 0) is 23.2 Å². The van der Waals surface area contributed by atoms with Crippen LogP contribution in [-0.4, -0.2) is 41.0 Å². The van der Waals surface area contributed by atoms with Gasteiger partial charge >= 0.3 is 7.60 Å². The van der Waals surface area contributed by atoms with Crippen molar-refractivity contribution in [1.29, 1.82) is 0 Å². The lowest BCUT2D eigenvalue weighted by molar-refractivity contribution is -0.171. The first-order chi connectivity index (χ1) is 10.9. The minimum Gasteiger partial charge on any atom is -0.308 e. The predicted molar refractivity (Wildman–Crippen MR) is 85.2 cm³/mol. The summed E-state index contributed by atoms with van der Waals surface area (Å²) in [4.78, 5) is 24.6. The SMILES string of the molecule is CCOP(=O)(OCC)[C@H]1C(=O)N(O)C(=O)[C@@H]1c1ccc(Br)cc1. The van der Waals surface area contributed by atoms with Crippen LogP contribution >= 0.6 is 23.5 Å². The zero-order valence-electron chi connectivity index (χ0n) is 12.6. The molecule has 0 aromatic heterocycles. The number of hydrogen-bond donors (Lipinski definition) is 1. The van der Waals surface area contributed by atoms with E-state index in [4.69, 9.17) is 9.05 Å². The van der Waals surface area contributed by atoms with E-state index >= 15 is 0 Å². The Morgan fingerprint density at radius 1 is 1.13 bits per heavy atom. The van der Waals surface area contributed by atoms with Crippen LogP contribution in [0.1, 0.15) is 25.3 Å². The Morgan fingerprint density at radius 2 is 1.65 bits per heavy atom. The molecule has 1 aromatic carbocycles. The summed E-state index contributed by atoms with van der Waals surface area (Å²) in [6, 6.07) is 6.62. The molecule has 0 unspecified atom stereocenters. The number of halogens is 1. The van der Waals surface area contributed by atoms with Crippen LogP contribution in [0.3, 0.4) is 0 Å². The van der Waals surface area contributed by atoms with E-state index in [0.717, 1.165) is 4.47 Å². The van der Waals surface area contributed by atoms with Crippen LogP contribution in [0.25, 0.3) is 0 Å². The van der Waals surface area contributed by atoms with Crippen molar-refractivity contribution >= 4 is 35.3 Å². The largest absolute Gasteiger partial charge is 0.344 e. The molecule has 126 valence electrons. The summed E-state index contributed by atoms with van der Waals surface area (Å²) in [7, 11) is -3.92. The first kappa shape index (κ1) is 18.3. The number of carbonyl (C=O) groups excluding carboxylic acids is 2. The fourth-order valence-electron chi connectivity index (χ4n) is 2.51. The first-order valence-electron chi connectivity index (χ1n) is 7.06. The third-order valence-corrected chi connectivity index (χ3v) is 6.41. The molecule has 1 heterocycles. The number of amides is 2. The molecule has 1 aliphatic rings. The van der Waals surface area contributed by atoms with Crippen molar-refractivity contribution < 1.29 is 28.4 Å². The summed E-state index contributed by atoms with van der Waals surface area (Å²) < 4.78 is 24.2. The number of hydroxylamine groups is 2. The Morgan fingerprint density at radius 3 is 2.13 bits per heavy atom. The minimum absolute atomic E-state index is 0.00205. The number of carbonyl (C=O) groups is 2. The Hall–Kier alpha value is -1.05. The lowest BCUT2D eigenvalue weighted by atomic mass is 9.97. The number of imide groups is 1. The van der Waals surface area contributed by atoms with Crippen LogP contribution in [0.5, 0.6) is 0 Å². The van der Waals surface area contributed by atoms with Crippen LogP contribution < -0.4 is 0 Å². The van der Waals surface area contributed by atoms with Crippen LogP contribution in [0.4, 0.5) is 0 Å². The normalized spacial score (nSPS) is 22.0. The predicted octanol–water partition coefficient (Wildman–Crippen LogP) is 2.93. The van der Waals surface area contributed by atoms with Crippen LogP contribution in [0.15, 0.2) is 28.7 Å². The highest BCUT2D eigenvalue weighted by Crippen LogP contribution is 2.60. The lowest BCUT2D eigenvalue weighted by Gasteiger charge is -2.24. The summed E-state index contributed by atoms with van der Waals surface area (Å²) in [5.74, 6) is -2.94. The molecule has 0 radical (unpaired) electrons. The molecule has 0 aliphatic carbocycles. The van der Waals surface area contributed by atoms with Crippen molar-refractivity contribution in [3.8, 4) is 0 Å². The minimum atomic E-state index is -3.92. The van der Waals surface area contributed by atoms with Gasteiger partial charge in [0.05, 0.1) is 19.1 Å². The van der Waals surface area contributed by atoms with Gasteiger partial charge in [-0.2, -0.15) is 5.06 Å². The van der Waals surface area contributed by atoms with Gasteiger partial charge in [0, 0.05) is 4.47 Å². The van der Waals surface area contributed by atoms with Gasteiger partial charge in [0.15, 0.2) is 5.66 Å². The summed E-state index contributed by atoms with van der Waals surface area (Å²) in [5.41, 5.74) is -0.950. The maximum absolute atomic E-state index is 13.0. The van der Waals surface area contributed by atoms with Gasteiger partial charge in [-0.05, 0) is 31.5 Å². The molecular formula is C14H17BrNO6P. The topological polar surface area (TPSA) is 93.1 Å². The fourth-order valence-corrected chi connectivity index (χ4v) is 4.94. The Labute approximate surface area is 142 Å². The number of nitrogens with zero attached hydrogens (tertiary/aromatic N) is 1. The van der Waals surface area contributed by atoms with E-state index in [1.807, 2.05) is 0 Å². The van der Waals surface area contributed by atoms with Gasteiger partial charge in [0.1, 0.15) is 0 Å². The second kappa shape index (κ2) is 7.23. The molecular weight excluding hydrogens is 389 g/mol. The molecule has 2 amide bonds. The maximum Gasteiger partial charge on any atom is 0.344 e. The van der Waals surface area contributed by atoms with E-state index in [-0.39, 0.29) is 18.3 Å². The van der Waals surface area contributed by atoms with Crippen LogP contribution in [0.2, 0.25) is 0 Å². The standard InChI is InChI=1S/C14H17BrNO6P/c1-3-21-23(20,22-4-2)12-11(13(17)16(19)14(12)18)9-5-7-10(15)8-6-9/h5-8,11-12,19H,3-4H2,1-2H3/t11-,12-/m1/s1. The molecule has 2 rings (SSSR count). The second-order valence-corrected chi connectivity index (χ2v) is 7.91. The third kappa shape index (κ3) is 3.41. The van der Waals surface area contributed by atoms with Gasteiger partial charge < -0.3 is 9.05 Å². The quantitative estimate of drug-likeness (QED) is 0.444. The van der Waals surface area contributed by atoms with Crippen molar-refractivity contribution in [2.75, 3.05) is 13.2 Å². The molecule has 1 saturated heterocycles. The van der Waals surface area contributed by atoms with E-state index in [1.54, 1.807) is 38.1 Å². The zero-order valence-corrected chi connectivity index (χ0v) is 15.1. The lowest BCUT2D eigenvalue weighted by Crippen LogP contribution is -2.29. The van der Waals surface area contributed by atoms with Gasteiger partial charge in [-0.15, -0.1) is 0 Å². The molecule has 2 atom stereocenters. The molecule has 0 saturated carbocycles. The molecule has 23 heavy (non-hydrogen) atoms.